The summed E-state index contributed by atoms with van der Waals surface area (Å²) in [5.41, 5.74) is 14.9. The van der Waals surface area contributed by atoms with E-state index in [0.717, 1.165) is 5.56 Å². The highest BCUT2D eigenvalue weighted by Gasteiger charge is 2.50. The number of aromatic nitrogens is 2. The number of hydrogen-bond donors (Lipinski definition) is 2. The highest BCUT2D eigenvalue weighted by molar-refractivity contribution is 8.04. The Hall–Kier alpha value is -3.58. The minimum Gasteiger partial charge on any atom is -0.366 e. The van der Waals surface area contributed by atoms with Gasteiger partial charge in [0.2, 0.25) is 11.8 Å². The molecule has 3 unspecified atom stereocenters. The van der Waals surface area contributed by atoms with Crippen molar-refractivity contribution < 1.29 is 9.59 Å². The largest absolute Gasteiger partial charge is 0.366 e. The molecule has 0 bridgehead atoms. The van der Waals surface area contributed by atoms with E-state index < -0.39 is 23.9 Å². The number of hydrogen-bond acceptors (Lipinski definition) is 6. The van der Waals surface area contributed by atoms with Crippen LogP contribution < -0.4 is 11.5 Å². The molecule has 1 aromatic heterocycles. The first kappa shape index (κ1) is 22.2. The molecule has 10 heteroatoms. The standard InChI is InChI=1S/C24H19ClN6O2S/c25-21-18(17-15(11-26)22(27)30-16(32)12-34-24(30)19(17)23(28)33)20(13-7-3-1-4-8-13)29-31(21)14-9-5-2-6-10-14/h1-10,15,17,22H,12,27H2,(H2,28,33). The van der Waals surface area contributed by atoms with Gasteiger partial charge in [0.15, 0.2) is 0 Å². The Morgan fingerprint density at radius 2 is 1.79 bits per heavy atom. The number of nitrogens with two attached hydrogens (primary N) is 2. The van der Waals surface area contributed by atoms with Gasteiger partial charge in [-0.3, -0.25) is 14.5 Å². The van der Waals surface area contributed by atoms with Gasteiger partial charge < -0.3 is 11.5 Å². The smallest absolute Gasteiger partial charge is 0.247 e. The molecule has 2 aromatic carbocycles. The summed E-state index contributed by atoms with van der Waals surface area (Å²) in [6, 6.07) is 20.9. The molecule has 3 atom stereocenters. The van der Waals surface area contributed by atoms with Gasteiger partial charge in [-0.2, -0.15) is 10.4 Å². The van der Waals surface area contributed by atoms with Crippen LogP contribution in [0.3, 0.4) is 0 Å². The van der Waals surface area contributed by atoms with Crippen LogP contribution in [-0.4, -0.2) is 38.4 Å². The van der Waals surface area contributed by atoms with E-state index in [0.29, 0.717) is 22.0 Å². The van der Waals surface area contributed by atoms with Crippen molar-refractivity contribution in [3.63, 3.8) is 0 Å². The van der Waals surface area contributed by atoms with E-state index in [2.05, 4.69) is 6.07 Å². The van der Waals surface area contributed by atoms with Gasteiger partial charge in [0.1, 0.15) is 11.3 Å². The highest BCUT2D eigenvalue weighted by Crippen LogP contribution is 2.51. The fourth-order valence-corrected chi connectivity index (χ4v) is 6.02. The summed E-state index contributed by atoms with van der Waals surface area (Å²) in [6.45, 7) is 0. The fourth-order valence-electron chi connectivity index (χ4n) is 4.53. The predicted molar refractivity (Wildman–Crippen MR) is 129 cm³/mol. The molecule has 1 fully saturated rings. The SMILES string of the molecule is N#CC1C(c2c(-c3ccccc3)nn(-c3ccccc3)c2Cl)C(C(N)=O)=C2SCC(=O)N2C1N. The second kappa shape index (κ2) is 8.65. The van der Waals surface area contributed by atoms with Gasteiger partial charge in [0.05, 0.1) is 39.7 Å². The third kappa shape index (κ3) is 3.39. The summed E-state index contributed by atoms with van der Waals surface area (Å²) in [6.07, 6.45) is -0.963. The lowest BCUT2D eigenvalue weighted by Gasteiger charge is -2.39. The van der Waals surface area contributed by atoms with E-state index in [4.69, 9.17) is 28.2 Å². The number of thioether (sulfide) groups is 1. The van der Waals surface area contributed by atoms with Crippen LogP contribution in [0.25, 0.3) is 16.9 Å². The number of amides is 2. The minimum absolute atomic E-state index is 0.118. The molecule has 0 saturated carbocycles. The number of carbonyl (C=O) groups excluding carboxylic acids is 2. The van der Waals surface area contributed by atoms with Gasteiger partial charge in [-0.25, -0.2) is 4.68 Å². The van der Waals surface area contributed by atoms with Crippen LogP contribution in [0.4, 0.5) is 0 Å². The summed E-state index contributed by atoms with van der Waals surface area (Å²) >= 11 is 8.14. The lowest BCUT2D eigenvalue weighted by molar-refractivity contribution is -0.128. The van der Waals surface area contributed by atoms with Gasteiger partial charge in [0.25, 0.3) is 0 Å². The van der Waals surface area contributed by atoms with Gasteiger partial charge in [-0.15, -0.1) is 0 Å². The van der Waals surface area contributed by atoms with Crippen molar-refractivity contribution in [3.8, 4) is 23.0 Å². The molecule has 2 amide bonds. The number of benzene rings is 2. The monoisotopic (exact) mass is 490 g/mol. The Morgan fingerprint density at radius 3 is 2.41 bits per heavy atom. The topological polar surface area (TPSA) is 131 Å². The number of para-hydroxylation sites is 1. The number of nitriles is 1. The Kier molecular flexibility index (Phi) is 5.65. The predicted octanol–water partition coefficient (Wildman–Crippen LogP) is 2.99. The van der Waals surface area contributed by atoms with Gasteiger partial charge in [0, 0.05) is 17.0 Å². The summed E-state index contributed by atoms with van der Waals surface area (Å²) in [7, 11) is 0. The molecule has 0 spiro atoms. The zero-order chi connectivity index (χ0) is 24.0. The van der Waals surface area contributed by atoms with Gasteiger partial charge in [-0.1, -0.05) is 71.9 Å². The van der Waals surface area contributed by atoms with Crippen molar-refractivity contribution >= 4 is 35.2 Å². The molecule has 0 radical (unpaired) electrons. The lowest BCUT2D eigenvalue weighted by atomic mass is 9.76. The van der Waals surface area contributed by atoms with Crippen LogP contribution >= 0.6 is 23.4 Å². The first-order valence-electron chi connectivity index (χ1n) is 10.5. The molecule has 2 aliphatic rings. The maximum absolute atomic E-state index is 12.8. The number of rotatable bonds is 4. The van der Waals surface area contributed by atoms with Crippen molar-refractivity contribution in [1.82, 2.24) is 14.7 Å². The quantitative estimate of drug-likeness (QED) is 0.578. The third-order valence-corrected chi connectivity index (χ3v) is 7.47. The van der Waals surface area contributed by atoms with E-state index >= 15 is 0 Å². The number of halogens is 1. The number of carbonyl (C=O) groups is 2. The van der Waals surface area contributed by atoms with Crippen LogP contribution in [-0.2, 0) is 9.59 Å². The zero-order valence-corrected chi connectivity index (χ0v) is 19.3. The van der Waals surface area contributed by atoms with Crippen molar-refractivity contribution in [2.45, 2.75) is 12.1 Å². The van der Waals surface area contributed by atoms with Crippen LogP contribution in [0.2, 0.25) is 5.15 Å². The molecule has 0 aliphatic carbocycles. The first-order valence-corrected chi connectivity index (χ1v) is 11.8. The fraction of sp³-hybridized carbons (Fsp3) is 0.167. The maximum Gasteiger partial charge on any atom is 0.247 e. The van der Waals surface area contributed by atoms with Crippen LogP contribution in [0.5, 0.6) is 0 Å². The number of fused-ring (bicyclic) bond motifs is 1. The second-order valence-corrected chi connectivity index (χ2v) is 9.25. The Labute approximate surface area is 204 Å². The third-order valence-electron chi connectivity index (χ3n) is 6.02. The minimum atomic E-state index is -0.970. The van der Waals surface area contributed by atoms with E-state index in [1.54, 1.807) is 4.68 Å². The molecule has 8 nitrogen and oxygen atoms in total. The van der Waals surface area contributed by atoms with Crippen molar-refractivity contribution in [2.75, 3.05) is 5.75 Å². The van der Waals surface area contributed by atoms with E-state index in [1.807, 2.05) is 60.7 Å². The second-order valence-electron chi connectivity index (χ2n) is 7.93. The number of primary amides is 1. The van der Waals surface area contributed by atoms with Crippen LogP contribution in [0, 0.1) is 17.2 Å². The molecular weight excluding hydrogens is 472 g/mol. The molecule has 1 saturated heterocycles. The van der Waals surface area contributed by atoms with E-state index in [1.165, 1.54) is 16.7 Å². The van der Waals surface area contributed by atoms with Gasteiger partial charge in [-0.05, 0) is 12.1 Å². The first-order chi connectivity index (χ1) is 16.4. The Morgan fingerprint density at radius 1 is 1.15 bits per heavy atom. The molecule has 34 heavy (non-hydrogen) atoms. The molecule has 4 N–H and O–H groups in total. The van der Waals surface area contributed by atoms with Crippen molar-refractivity contribution in [2.24, 2.45) is 17.4 Å². The Bertz CT molecular complexity index is 1370. The summed E-state index contributed by atoms with van der Waals surface area (Å²) in [5.74, 6) is -2.72. The van der Waals surface area contributed by atoms with Crippen LogP contribution in [0.15, 0.2) is 71.3 Å². The van der Waals surface area contributed by atoms with E-state index in [9.17, 15) is 14.9 Å². The van der Waals surface area contributed by atoms with Crippen molar-refractivity contribution in [3.05, 3.63) is 82.0 Å². The molecule has 3 aromatic rings. The molecule has 170 valence electrons. The average Bonchev–Trinajstić information content (AvgIpc) is 3.40. The van der Waals surface area contributed by atoms with Gasteiger partial charge >= 0.3 is 0 Å². The highest BCUT2D eigenvalue weighted by atomic mass is 35.5. The normalized spacial score (nSPS) is 22.0. The number of nitrogens with zero attached hydrogens (tertiary/aromatic N) is 4. The summed E-state index contributed by atoms with van der Waals surface area (Å²) in [4.78, 5) is 26.6. The molecule has 5 rings (SSSR count). The van der Waals surface area contributed by atoms with Crippen LogP contribution in [0.1, 0.15) is 11.5 Å². The summed E-state index contributed by atoms with van der Waals surface area (Å²) in [5, 5.41) is 15.6. The lowest BCUT2D eigenvalue weighted by Crippen LogP contribution is -2.53. The zero-order valence-electron chi connectivity index (χ0n) is 17.8. The summed E-state index contributed by atoms with van der Waals surface area (Å²) < 4.78 is 1.57. The average molecular weight is 491 g/mol. The maximum atomic E-state index is 12.8. The Balaban J connectivity index is 1.83. The van der Waals surface area contributed by atoms with E-state index in [-0.39, 0.29) is 22.4 Å². The molecular formula is C24H19ClN6O2S. The molecule has 2 aliphatic heterocycles. The molecule has 3 heterocycles. The van der Waals surface area contributed by atoms with Crippen molar-refractivity contribution in [1.29, 1.82) is 5.26 Å².